The number of para-hydroxylation sites is 1. The highest BCUT2D eigenvalue weighted by Gasteiger charge is 2.25. The summed E-state index contributed by atoms with van der Waals surface area (Å²) in [5, 5.41) is 3.01. The largest absolute Gasteiger partial charge is 0.383 e. The van der Waals surface area contributed by atoms with Gasteiger partial charge in [0.15, 0.2) is 5.65 Å². The average Bonchev–Trinajstić information content (AvgIpc) is 2.64. The van der Waals surface area contributed by atoms with Crippen LogP contribution in [0.15, 0.2) is 39.9 Å². The average molecular weight is 367 g/mol. The number of nitrogens with zero attached hydrogens (tertiary/aromatic N) is 3. The summed E-state index contributed by atoms with van der Waals surface area (Å²) in [6, 6.07) is 8.94. The third-order valence-corrected chi connectivity index (χ3v) is 4.49. The molecular formula is C19H21N5O3. The lowest BCUT2D eigenvalue weighted by molar-refractivity contribution is 0.102. The Bertz CT molecular complexity index is 1160. The molecule has 0 spiro atoms. The SMILES string of the molecule is CC(C)c1c(C(=O)Nc2ccccc2)c(N)nc2c1c(=O)n(C)c(=O)n2C. The van der Waals surface area contributed by atoms with Crippen molar-refractivity contribution in [3.05, 3.63) is 62.3 Å². The second-order valence-electron chi connectivity index (χ2n) is 6.66. The van der Waals surface area contributed by atoms with Crippen LogP contribution >= 0.6 is 0 Å². The molecule has 140 valence electrons. The summed E-state index contributed by atoms with van der Waals surface area (Å²) in [6.45, 7) is 3.72. The van der Waals surface area contributed by atoms with Crippen molar-refractivity contribution in [3.8, 4) is 0 Å². The van der Waals surface area contributed by atoms with Crippen molar-refractivity contribution in [2.45, 2.75) is 19.8 Å². The number of carbonyl (C=O) groups excluding carboxylic acids is 1. The number of fused-ring (bicyclic) bond motifs is 1. The molecule has 1 amide bonds. The maximum absolute atomic E-state index is 12.9. The first-order chi connectivity index (χ1) is 12.7. The number of nitrogens with one attached hydrogen (secondary N) is 1. The van der Waals surface area contributed by atoms with Gasteiger partial charge in [-0.15, -0.1) is 0 Å². The van der Waals surface area contributed by atoms with Crippen LogP contribution in [0.3, 0.4) is 0 Å². The Labute approximate surface area is 155 Å². The van der Waals surface area contributed by atoms with E-state index in [9.17, 15) is 14.4 Å². The summed E-state index contributed by atoms with van der Waals surface area (Å²) in [5.41, 5.74) is 6.48. The monoisotopic (exact) mass is 367 g/mol. The lowest BCUT2D eigenvalue weighted by atomic mass is 9.94. The molecule has 8 nitrogen and oxygen atoms in total. The van der Waals surface area contributed by atoms with E-state index < -0.39 is 17.2 Å². The van der Waals surface area contributed by atoms with E-state index >= 15 is 0 Å². The molecule has 3 aromatic rings. The highest BCUT2D eigenvalue weighted by atomic mass is 16.2. The predicted octanol–water partition coefficient (Wildman–Crippen LogP) is 1.59. The van der Waals surface area contributed by atoms with Crippen molar-refractivity contribution in [1.82, 2.24) is 14.1 Å². The minimum atomic E-state index is -0.504. The van der Waals surface area contributed by atoms with E-state index in [2.05, 4.69) is 10.3 Å². The third-order valence-electron chi connectivity index (χ3n) is 4.49. The number of carbonyl (C=O) groups is 1. The van der Waals surface area contributed by atoms with Gasteiger partial charge in [-0.2, -0.15) is 0 Å². The summed E-state index contributed by atoms with van der Waals surface area (Å²) in [5.74, 6) is -0.671. The molecule has 1 aromatic carbocycles. The fourth-order valence-corrected chi connectivity index (χ4v) is 3.16. The Morgan fingerprint density at radius 1 is 1.11 bits per heavy atom. The molecule has 0 saturated carbocycles. The molecule has 27 heavy (non-hydrogen) atoms. The lowest BCUT2D eigenvalue weighted by Gasteiger charge is -2.18. The number of aryl methyl sites for hydroxylation is 1. The molecule has 0 aliphatic carbocycles. The van der Waals surface area contributed by atoms with Crippen molar-refractivity contribution < 1.29 is 4.79 Å². The van der Waals surface area contributed by atoms with Crippen molar-refractivity contribution in [2.24, 2.45) is 14.1 Å². The molecule has 0 bridgehead atoms. The molecule has 8 heteroatoms. The van der Waals surface area contributed by atoms with Crippen LogP contribution in [-0.4, -0.2) is 20.0 Å². The number of hydrogen-bond donors (Lipinski definition) is 2. The van der Waals surface area contributed by atoms with Crippen LogP contribution in [0.4, 0.5) is 11.5 Å². The second kappa shape index (κ2) is 6.71. The number of nitrogen functional groups attached to an aromatic ring is 1. The van der Waals surface area contributed by atoms with Crippen molar-refractivity contribution >= 4 is 28.4 Å². The molecule has 3 rings (SSSR count). The second-order valence-corrected chi connectivity index (χ2v) is 6.66. The lowest BCUT2D eigenvalue weighted by Crippen LogP contribution is -2.38. The third kappa shape index (κ3) is 2.99. The van der Waals surface area contributed by atoms with Gasteiger partial charge in [0.05, 0.1) is 10.9 Å². The molecule has 0 atom stereocenters. The maximum atomic E-state index is 12.9. The van der Waals surface area contributed by atoms with E-state index in [1.165, 1.54) is 18.7 Å². The molecule has 0 saturated heterocycles. The zero-order valence-corrected chi connectivity index (χ0v) is 15.6. The maximum Gasteiger partial charge on any atom is 0.332 e. The molecule has 2 heterocycles. The number of pyridine rings is 1. The van der Waals surface area contributed by atoms with E-state index in [1.807, 2.05) is 19.9 Å². The summed E-state index contributed by atoms with van der Waals surface area (Å²) in [6.07, 6.45) is 0. The Morgan fingerprint density at radius 3 is 2.33 bits per heavy atom. The van der Waals surface area contributed by atoms with Crippen LogP contribution in [0, 0.1) is 0 Å². The van der Waals surface area contributed by atoms with E-state index in [0.717, 1.165) is 4.57 Å². The zero-order valence-electron chi connectivity index (χ0n) is 15.6. The van der Waals surface area contributed by atoms with Crippen LogP contribution < -0.4 is 22.3 Å². The van der Waals surface area contributed by atoms with Gasteiger partial charge in [-0.25, -0.2) is 9.78 Å². The first kappa shape index (κ1) is 18.4. The van der Waals surface area contributed by atoms with Gasteiger partial charge >= 0.3 is 5.69 Å². The number of rotatable bonds is 3. The van der Waals surface area contributed by atoms with Crippen LogP contribution in [0.2, 0.25) is 0 Å². The van der Waals surface area contributed by atoms with E-state index in [-0.39, 0.29) is 28.3 Å². The Kier molecular flexibility index (Phi) is 4.57. The van der Waals surface area contributed by atoms with Gasteiger partial charge in [0.1, 0.15) is 5.82 Å². The van der Waals surface area contributed by atoms with E-state index in [1.54, 1.807) is 24.3 Å². The molecule has 0 radical (unpaired) electrons. The minimum absolute atomic E-state index is 0.0251. The minimum Gasteiger partial charge on any atom is -0.383 e. The fraction of sp³-hybridized carbons (Fsp3) is 0.263. The molecule has 0 aliphatic rings. The highest BCUT2D eigenvalue weighted by molar-refractivity contribution is 6.11. The van der Waals surface area contributed by atoms with Crippen LogP contribution in [0.25, 0.3) is 11.0 Å². The first-order valence-electron chi connectivity index (χ1n) is 8.49. The van der Waals surface area contributed by atoms with Crippen molar-refractivity contribution in [1.29, 1.82) is 0 Å². The Balaban J connectivity index is 2.35. The standard InChI is InChI=1S/C19H21N5O3/c1-10(2)12-13(17(25)21-11-8-6-5-7-9-11)15(20)22-16-14(12)18(26)24(4)19(27)23(16)3/h5-10H,1-4H3,(H2,20,22)(H,21,25). The summed E-state index contributed by atoms with van der Waals surface area (Å²) in [7, 11) is 2.92. The zero-order chi connectivity index (χ0) is 19.9. The van der Waals surface area contributed by atoms with Crippen molar-refractivity contribution in [3.63, 3.8) is 0 Å². The molecular weight excluding hydrogens is 346 g/mol. The molecule has 0 unspecified atom stereocenters. The summed E-state index contributed by atoms with van der Waals surface area (Å²) < 4.78 is 2.27. The van der Waals surface area contributed by atoms with E-state index in [0.29, 0.717) is 11.3 Å². The van der Waals surface area contributed by atoms with Gasteiger partial charge < -0.3 is 11.1 Å². The smallest absolute Gasteiger partial charge is 0.332 e. The predicted molar refractivity (Wildman–Crippen MR) is 105 cm³/mol. The highest BCUT2D eigenvalue weighted by Crippen LogP contribution is 2.29. The number of benzene rings is 1. The normalized spacial score (nSPS) is 11.1. The number of hydrogen-bond acceptors (Lipinski definition) is 5. The fourth-order valence-electron chi connectivity index (χ4n) is 3.16. The summed E-state index contributed by atoms with van der Waals surface area (Å²) >= 11 is 0. The number of anilines is 2. The van der Waals surface area contributed by atoms with Gasteiger partial charge in [-0.05, 0) is 23.6 Å². The number of aromatic nitrogens is 3. The van der Waals surface area contributed by atoms with Crippen molar-refractivity contribution in [2.75, 3.05) is 11.1 Å². The number of amides is 1. The van der Waals surface area contributed by atoms with Gasteiger partial charge in [-0.3, -0.25) is 18.7 Å². The Morgan fingerprint density at radius 2 is 1.74 bits per heavy atom. The molecule has 3 N–H and O–H groups in total. The van der Waals surface area contributed by atoms with Crippen LogP contribution in [-0.2, 0) is 14.1 Å². The Hall–Kier alpha value is -3.42. The topological polar surface area (TPSA) is 112 Å². The summed E-state index contributed by atoms with van der Waals surface area (Å²) in [4.78, 5) is 42.2. The van der Waals surface area contributed by atoms with Crippen LogP contribution in [0.5, 0.6) is 0 Å². The number of nitrogens with two attached hydrogens (primary N) is 1. The van der Waals surface area contributed by atoms with Gasteiger partial charge in [-0.1, -0.05) is 32.0 Å². The van der Waals surface area contributed by atoms with Crippen LogP contribution in [0.1, 0.15) is 35.7 Å². The van der Waals surface area contributed by atoms with Gasteiger partial charge in [0.2, 0.25) is 0 Å². The van der Waals surface area contributed by atoms with Gasteiger partial charge in [0, 0.05) is 19.8 Å². The quantitative estimate of drug-likeness (QED) is 0.730. The first-order valence-corrected chi connectivity index (χ1v) is 8.49. The molecule has 0 fully saturated rings. The van der Waals surface area contributed by atoms with Gasteiger partial charge in [0.25, 0.3) is 11.5 Å². The molecule has 2 aromatic heterocycles. The van der Waals surface area contributed by atoms with E-state index in [4.69, 9.17) is 5.73 Å². The molecule has 0 aliphatic heterocycles.